The number of thiazole rings is 1. The largest absolute Gasteiger partial charge is 0.389 e. The number of aromatic nitrogens is 1. The number of nitrogens with zero attached hydrogens (tertiary/aromatic N) is 3. The Morgan fingerprint density at radius 2 is 2.00 bits per heavy atom. The van der Waals surface area contributed by atoms with Crippen molar-refractivity contribution in [3.8, 4) is 0 Å². The van der Waals surface area contributed by atoms with Crippen LogP contribution in [0.4, 0.5) is 10.1 Å². The Morgan fingerprint density at radius 3 is 2.57 bits per heavy atom. The van der Waals surface area contributed by atoms with Crippen molar-refractivity contribution < 1.29 is 10.0 Å². The molecule has 0 spiro atoms. The molecule has 0 aliphatic carbocycles. The molecule has 1 saturated heterocycles. The van der Waals surface area contributed by atoms with Crippen molar-refractivity contribution in [3.05, 3.63) is 51.7 Å². The third-order valence-electron chi connectivity index (χ3n) is 4.28. The molecule has 1 aromatic carbocycles. The number of piperidine rings is 1. The summed E-state index contributed by atoms with van der Waals surface area (Å²) in [4.78, 5) is 16.5. The average Bonchev–Trinajstić information content (AvgIpc) is 3.00. The minimum atomic E-state index is -0.713. The zero-order valence-electron chi connectivity index (χ0n) is 12.9. The monoisotopic (exact) mass is 333 g/mol. The van der Waals surface area contributed by atoms with Crippen LogP contribution in [0.2, 0.25) is 0 Å². The summed E-state index contributed by atoms with van der Waals surface area (Å²) < 4.78 is 0. The van der Waals surface area contributed by atoms with Crippen LogP contribution in [0.5, 0.6) is 0 Å². The van der Waals surface area contributed by atoms with Gasteiger partial charge in [-0.25, -0.2) is 4.98 Å². The highest BCUT2D eigenvalue weighted by atomic mass is 32.1. The third-order valence-corrected chi connectivity index (χ3v) is 5.29. The highest BCUT2D eigenvalue weighted by Crippen LogP contribution is 2.33. The molecule has 23 heavy (non-hydrogen) atoms. The summed E-state index contributed by atoms with van der Waals surface area (Å²) in [7, 11) is 0. The van der Waals surface area contributed by atoms with Gasteiger partial charge in [0.15, 0.2) is 5.13 Å². The fraction of sp³-hybridized carbons (Fsp3) is 0.438. The maximum Gasteiger partial charge on any atom is 0.345 e. The molecule has 0 radical (unpaired) electrons. The lowest BCUT2D eigenvalue weighted by Gasteiger charge is -2.38. The first-order valence-corrected chi connectivity index (χ1v) is 8.40. The van der Waals surface area contributed by atoms with Gasteiger partial charge in [-0.15, -0.1) is 0 Å². The first-order chi connectivity index (χ1) is 11.0. The van der Waals surface area contributed by atoms with Crippen LogP contribution >= 0.6 is 11.3 Å². The van der Waals surface area contributed by atoms with Crippen LogP contribution in [0.3, 0.4) is 0 Å². The van der Waals surface area contributed by atoms with E-state index >= 15 is 0 Å². The summed E-state index contributed by atoms with van der Waals surface area (Å²) in [6.07, 6.45) is 3.20. The smallest absolute Gasteiger partial charge is 0.345 e. The van der Waals surface area contributed by atoms with Crippen LogP contribution in [0.15, 0.2) is 30.5 Å². The zero-order chi connectivity index (χ0) is 16.4. The summed E-state index contributed by atoms with van der Waals surface area (Å²) in [6.45, 7) is 3.37. The Morgan fingerprint density at radius 1 is 1.35 bits per heavy atom. The third kappa shape index (κ3) is 3.68. The van der Waals surface area contributed by atoms with Gasteiger partial charge in [-0.05, 0) is 36.7 Å². The SMILES string of the molecule is Cc1ccc(CC2(O)CCN(c3ncc([N+](=O)[O-])s3)CC2)cc1. The highest BCUT2D eigenvalue weighted by molar-refractivity contribution is 7.18. The summed E-state index contributed by atoms with van der Waals surface area (Å²) >= 11 is 1.09. The van der Waals surface area contributed by atoms with Crippen molar-refractivity contribution in [2.45, 2.75) is 31.8 Å². The average molecular weight is 333 g/mol. The Bertz CT molecular complexity index is 691. The Balaban J connectivity index is 1.62. The first-order valence-electron chi connectivity index (χ1n) is 7.58. The van der Waals surface area contributed by atoms with Crippen LogP contribution in [-0.2, 0) is 6.42 Å². The van der Waals surface area contributed by atoms with Crippen molar-refractivity contribution in [2.75, 3.05) is 18.0 Å². The van der Waals surface area contributed by atoms with Gasteiger partial charge < -0.3 is 10.0 Å². The number of hydrogen-bond acceptors (Lipinski definition) is 6. The normalized spacial score (nSPS) is 17.2. The summed E-state index contributed by atoms with van der Waals surface area (Å²) in [6, 6.07) is 8.23. The molecule has 0 bridgehead atoms. The molecule has 0 saturated carbocycles. The molecule has 6 nitrogen and oxygen atoms in total. The standard InChI is InChI=1S/C16H19N3O3S/c1-12-2-4-13(5-3-12)10-16(20)6-8-18(9-7-16)15-17-11-14(23-15)19(21)22/h2-5,11,20H,6-10H2,1H3. The predicted molar refractivity (Wildman–Crippen MR) is 90.0 cm³/mol. The first kappa shape index (κ1) is 15.9. The topological polar surface area (TPSA) is 79.5 Å². The van der Waals surface area contributed by atoms with E-state index < -0.39 is 10.5 Å². The summed E-state index contributed by atoms with van der Waals surface area (Å²) in [5, 5.41) is 22.3. The van der Waals surface area contributed by atoms with E-state index in [0.29, 0.717) is 37.5 Å². The maximum absolute atomic E-state index is 10.8. The van der Waals surface area contributed by atoms with Crippen molar-refractivity contribution >= 4 is 21.5 Å². The van der Waals surface area contributed by atoms with E-state index in [4.69, 9.17) is 0 Å². The Kier molecular flexibility index (Phi) is 4.32. The van der Waals surface area contributed by atoms with E-state index in [1.807, 2.05) is 11.8 Å². The van der Waals surface area contributed by atoms with Gasteiger partial charge in [0, 0.05) is 19.5 Å². The molecular weight excluding hydrogens is 314 g/mol. The van der Waals surface area contributed by atoms with Gasteiger partial charge in [-0.1, -0.05) is 29.8 Å². The molecule has 2 aromatic rings. The second-order valence-corrected chi connectivity index (χ2v) is 7.10. The predicted octanol–water partition coefficient (Wildman–Crippen LogP) is 2.93. The molecule has 122 valence electrons. The van der Waals surface area contributed by atoms with E-state index in [1.165, 1.54) is 11.8 Å². The maximum atomic E-state index is 10.8. The Hall–Kier alpha value is -1.99. The molecule has 1 aromatic heterocycles. The second kappa shape index (κ2) is 6.25. The fourth-order valence-electron chi connectivity index (χ4n) is 2.86. The molecule has 3 rings (SSSR count). The molecule has 1 aliphatic rings. The van der Waals surface area contributed by atoms with Gasteiger partial charge in [0.2, 0.25) is 0 Å². The number of hydrogen-bond donors (Lipinski definition) is 1. The van der Waals surface area contributed by atoms with Crippen molar-refractivity contribution in [1.82, 2.24) is 4.98 Å². The molecule has 1 N–H and O–H groups in total. The molecule has 0 amide bonds. The van der Waals surface area contributed by atoms with Crippen LogP contribution in [0.1, 0.15) is 24.0 Å². The van der Waals surface area contributed by atoms with E-state index in [2.05, 4.69) is 29.2 Å². The molecule has 7 heteroatoms. The lowest BCUT2D eigenvalue weighted by atomic mass is 9.85. The van der Waals surface area contributed by atoms with Crippen LogP contribution in [0, 0.1) is 17.0 Å². The van der Waals surface area contributed by atoms with E-state index in [9.17, 15) is 15.2 Å². The Labute approximate surface area is 138 Å². The number of anilines is 1. The number of aliphatic hydroxyl groups is 1. The molecule has 2 heterocycles. The van der Waals surface area contributed by atoms with E-state index in [1.54, 1.807) is 0 Å². The minimum Gasteiger partial charge on any atom is -0.389 e. The van der Waals surface area contributed by atoms with Gasteiger partial charge in [0.25, 0.3) is 0 Å². The molecule has 1 fully saturated rings. The quantitative estimate of drug-likeness (QED) is 0.687. The van der Waals surface area contributed by atoms with Gasteiger partial charge in [0.05, 0.1) is 10.5 Å². The molecule has 0 unspecified atom stereocenters. The van der Waals surface area contributed by atoms with Crippen LogP contribution < -0.4 is 4.90 Å². The lowest BCUT2D eigenvalue weighted by Crippen LogP contribution is -2.45. The number of benzene rings is 1. The number of aryl methyl sites for hydroxylation is 1. The van der Waals surface area contributed by atoms with Crippen molar-refractivity contribution in [3.63, 3.8) is 0 Å². The molecule has 0 atom stereocenters. The van der Waals surface area contributed by atoms with Gasteiger partial charge >= 0.3 is 5.00 Å². The summed E-state index contributed by atoms with van der Waals surface area (Å²) in [5.41, 5.74) is 1.63. The van der Waals surface area contributed by atoms with Gasteiger partial charge in [-0.2, -0.15) is 0 Å². The van der Waals surface area contributed by atoms with Crippen LogP contribution in [0.25, 0.3) is 0 Å². The summed E-state index contributed by atoms with van der Waals surface area (Å²) in [5.74, 6) is 0. The fourth-order valence-corrected chi connectivity index (χ4v) is 3.65. The van der Waals surface area contributed by atoms with E-state index in [-0.39, 0.29) is 5.00 Å². The van der Waals surface area contributed by atoms with Gasteiger partial charge in [-0.3, -0.25) is 10.1 Å². The van der Waals surface area contributed by atoms with Crippen molar-refractivity contribution in [1.29, 1.82) is 0 Å². The highest BCUT2D eigenvalue weighted by Gasteiger charge is 2.33. The van der Waals surface area contributed by atoms with E-state index in [0.717, 1.165) is 16.9 Å². The molecular formula is C16H19N3O3S. The minimum absolute atomic E-state index is 0.0560. The van der Waals surface area contributed by atoms with Gasteiger partial charge in [0.1, 0.15) is 6.20 Å². The zero-order valence-corrected chi connectivity index (χ0v) is 13.8. The lowest BCUT2D eigenvalue weighted by molar-refractivity contribution is -0.380. The van der Waals surface area contributed by atoms with Crippen molar-refractivity contribution in [2.24, 2.45) is 0 Å². The second-order valence-electron chi connectivity index (χ2n) is 6.11. The number of nitro groups is 1. The van der Waals surface area contributed by atoms with Crippen LogP contribution in [-0.4, -0.2) is 33.7 Å². The molecule has 1 aliphatic heterocycles. The number of rotatable bonds is 4.